The zero-order valence-electron chi connectivity index (χ0n) is 9.65. The number of halogens is 1. The summed E-state index contributed by atoms with van der Waals surface area (Å²) in [5, 5.41) is 14.5. The molecule has 1 saturated carbocycles. The molecular weight excluding hydrogens is 240 g/mol. The van der Waals surface area contributed by atoms with Crippen LogP contribution in [-0.4, -0.2) is 11.5 Å². The first-order valence-corrected chi connectivity index (χ1v) is 6.09. The molecule has 1 aromatic rings. The smallest absolute Gasteiger partial charge is 0.269 e. The van der Waals surface area contributed by atoms with Crippen LogP contribution in [0, 0.1) is 22.0 Å². The maximum atomic E-state index is 10.6. The molecule has 92 valence electrons. The van der Waals surface area contributed by atoms with Crippen LogP contribution in [0.25, 0.3) is 0 Å². The number of rotatable bonds is 5. The molecule has 1 aromatic carbocycles. The van der Waals surface area contributed by atoms with Crippen LogP contribution in [0.2, 0.25) is 5.02 Å². The van der Waals surface area contributed by atoms with Crippen molar-refractivity contribution in [2.75, 3.05) is 6.54 Å². The molecule has 2 atom stereocenters. The van der Waals surface area contributed by atoms with E-state index in [2.05, 4.69) is 12.2 Å². The minimum absolute atomic E-state index is 0.0889. The van der Waals surface area contributed by atoms with Crippen molar-refractivity contribution in [2.45, 2.75) is 19.9 Å². The van der Waals surface area contributed by atoms with Gasteiger partial charge >= 0.3 is 0 Å². The van der Waals surface area contributed by atoms with Gasteiger partial charge in [0.15, 0.2) is 0 Å². The second-order valence-corrected chi connectivity index (χ2v) is 5.04. The number of nitrogens with one attached hydrogen (secondary N) is 1. The quantitative estimate of drug-likeness (QED) is 0.649. The normalized spacial score (nSPS) is 22.5. The van der Waals surface area contributed by atoms with E-state index in [1.807, 2.05) is 0 Å². The monoisotopic (exact) mass is 254 g/mol. The second-order valence-electron chi connectivity index (χ2n) is 4.64. The highest BCUT2D eigenvalue weighted by Gasteiger charge is 2.31. The van der Waals surface area contributed by atoms with Gasteiger partial charge in [0.2, 0.25) is 0 Å². The Kier molecular flexibility index (Phi) is 3.64. The minimum atomic E-state index is -0.400. The third-order valence-corrected chi connectivity index (χ3v) is 3.61. The largest absolute Gasteiger partial charge is 0.312 e. The predicted molar refractivity (Wildman–Crippen MR) is 67.1 cm³/mol. The lowest BCUT2D eigenvalue weighted by molar-refractivity contribution is -0.384. The molecule has 2 rings (SSSR count). The van der Waals surface area contributed by atoms with Gasteiger partial charge in [-0.1, -0.05) is 18.5 Å². The number of nitro benzene ring substituents is 1. The highest BCUT2D eigenvalue weighted by atomic mass is 35.5. The summed E-state index contributed by atoms with van der Waals surface area (Å²) >= 11 is 6.00. The van der Waals surface area contributed by atoms with Crippen LogP contribution in [0.1, 0.15) is 18.9 Å². The van der Waals surface area contributed by atoms with E-state index in [0.717, 1.165) is 23.9 Å². The van der Waals surface area contributed by atoms with Crippen molar-refractivity contribution in [3.63, 3.8) is 0 Å². The minimum Gasteiger partial charge on any atom is -0.312 e. The lowest BCUT2D eigenvalue weighted by Crippen LogP contribution is -2.17. The number of nitro groups is 1. The van der Waals surface area contributed by atoms with Crippen LogP contribution < -0.4 is 5.32 Å². The summed E-state index contributed by atoms with van der Waals surface area (Å²) in [6.07, 6.45) is 1.27. The molecule has 1 N–H and O–H groups in total. The van der Waals surface area contributed by atoms with Crippen molar-refractivity contribution in [3.8, 4) is 0 Å². The van der Waals surface area contributed by atoms with Crippen LogP contribution in [0.15, 0.2) is 18.2 Å². The maximum Gasteiger partial charge on any atom is 0.269 e. The van der Waals surface area contributed by atoms with E-state index in [1.165, 1.54) is 18.6 Å². The number of hydrogen-bond acceptors (Lipinski definition) is 3. The average Bonchev–Trinajstić information content (AvgIpc) is 2.97. The number of hydrogen-bond donors (Lipinski definition) is 1. The fraction of sp³-hybridized carbons (Fsp3) is 0.500. The van der Waals surface area contributed by atoms with Gasteiger partial charge in [-0.2, -0.15) is 0 Å². The Morgan fingerprint density at radius 3 is 2.88 bits per heavy atom. The summed E-state index contributed by atoms with van der Waals surface area (Å²) in [5.41, 5.74) is 0.875. The SMILES string of the molecule is CC1CC1CNCc1cc([N+](=O)[O-])ccc1Cl. The van der Waals surface area contributed by atoms with Gasteiger partial charge in [0, 0.05) is 23.7 Å². The van der Waals surface area contributed by atoms with E-state index < -0.39 is 4.92 Å². The first kappa shape index (κ1) is 12.3. The van der Waals surface area contributed by atoms with Gasteiger partial charge < -0.3 is 5.32 Å². The molecule has 4 nitrogen and oxygen atoms in total. The van der Waals surface area contributed by atoms with E-state index >= 15 is 0 Å². The molecule has 0 bridgehead atoms. The van der Waals surface area contributed by atoms with Gasteiger partial charge in [-0.25, -0.2) is 0 Å². The van der Waals surface area contributed by atoms with Gasteiger partial charge in [0.25, 0.3) is 5.69 Å². The molecule has 2 unspecified atom stereocenters. The Labute approximate surface area is 105 Å². The molecule has 0 amide bonds. The van der Waals surface area contributed by atoms with Gasteiger partial charge in [-0.3, -0.25) is 10.1 Å². The summed E-state index contributed by atoms with van der Waals surface area (Å²) in [5.74, 6) is 1.57. The second kappa shape index (κ2) is 5.02. The molecule has 0 aliphatic heterocycles. The van der Waals surface area contributed by atoms with E-state index in [-0.39, 0.29) is 5.69 Å². The Hall–Kier alpha value is -1.13. The lowest BCUT2D eigenvalue weighted by Gasteiger charge is -2.06. The van der Waals surface area contributed by atoms with Crippen LogP contribution in [0.3, 0.4) is 0 Å². The van der Waals surface area contributed by atoms with Crippen molar-refractivity contribution in [3.05, 3.63) is 38.9 Å². The third-order valence-electron chi connectivity index (χ3n) is 3.24. The molecule has 0 heterocycles. The maximum absolute atomic E-state index is 10.6. The van der Waals surface area contributed by atoms with Crippen LogP contribution in [0.4, 0.5) is 5.69 Å². The fourth-order valence-electron chi connectivity index (χ4n) is 1.89. The molecule has 0 radical (unpaired) electrons. The van der Waals surface area contributed by atoms with Gasteiger partial charge in [0.1, 0.15) is 0 Å². The zero-order chi connectivity index (χ0) is 12.4. The molecule has 1 fully saturated rings. The molecular formula is C12H15ClN2O2. The Morgan fingerprint density at radius 2 is 2.29 bits per heavy atom. The summed E-state index contributed by atoms with van der Waals surface area (Å²) < 4.78 is 0. The van der Waals surface area contributed by atoms with Crippen molar-refractivity contribution >= 4 is 17.3 Å². The summed E-state index contributed by atoms with van der Waals surface area (Å²) in [4.78, 5) is 10.2. The van der Waals surface area contributed by atoms with E-state index in [9.17, 15) is 10.1 Å². The van der Waals surface area contributed by atoms with Crippen molar-refractivity contribution < 1.29 is 4.92 Å². The van der Waals surface area contributed by atoms with Gasteiger partial charge in [0.05, 0.1) is 4.92 Å². The summed E-state index contributed by atoms with van der Waals surface area (Å²) in [6.45, 7) is 3.77. The first-order valence-electron chi connectivity index (χ1n) is 5.71. The van der Waals surface area contributed by atoms with Crippen LogP contribution in [0.5, 0.6) is 0 Å². The van der Waals surface area contributed by atoms with E-state index in [1.54, 1.807) is 6.07 Å². The van der Waals surface area contributed by atoms with Crippen molar-refractivity contribution in [1.29, 1.82) is 0 Å². The van der Waals surface area contributed by atoms with E-state index in [4.69, 9.17) is 11.6 Å². The average molecular weight is 255 g/mol. The molecule has 1 aliphatic rings. The lowest BCUT2D eigenvalue weighted by atomic mass is 10.2. The molecule has 0 aromatic heterocycles. The highest BCUT2D eigenvalue weighted by Crippen LogP contribution is 2.36. The number of benzene rings is 1. The van der Waals surface area contributed by atoms with Crippen molar-refractivity contribution in [2.24, 2.45) is 11.8 Å². The fourth-order valence-corrected chi connectivity index (χ4v) is 2.07. The zero-order valence-corrected chi connectivity index (χ0v) is 10.4. The molecule has 17 heavy (non-hydrogen) atoms. The summed E-state index contributed by atoms with van der Waals surface area (Å²) in [7, 11) is 0. The predicted octanol–water partition coefficient (Wildman–Crippen LogP) is 2.99. The Bertz CT molecular complexity index is 437. The first-order chi connectivity index (χ1) is 8.08. The number of non-ortho nitro benzene ring substituents is 1. The topological polar surface area (TPSA) is 55.2 Å². The molecule has 5 heteroatoms. The molecule has 1 aliphatic carbocycles. The molecule has 0 saturated heterocycles. The van der Waals surface area contributed by atoms with Crippen LogP contribution in [-0.2, 0) is 6.54 Å². The third kappa shape index (κ3) is 3.17. The molecule has 0 spiro atoms. The van der Waals surface area contributed by atoms with Crippen molar-refractivity contribution in [1.82, 2.24) is 5.32 Å². The Balaban J connectivity index is 1.94. The van der Waals surface area contributed by atoms with Crippen LogP contribution >= 0.6 is 11.6 Å². The van der Waals surface area contributed by atoms with E-state index in [0.29, 0.717) is 11.6 Å². The highest BCUT2D eigenvalue weighted by molar-refractivity contribution is 6.31. The van der Waals surface area contributed by atoms with Gasteiger partial charge in [-0.15, -0.1) is 0 Å². The van der Waals surface area contributed by atoms with Gasteiger partial charge in [-0.05, 0) is 36.4 Å². The standard InChI is InChI=1S/C12H15ClN2O2/c1-8-4-9(8)6-14-7-10-5-11(15(16)17)2-3-12(10)13/h2-3,5,8-9,14H,4,6-7H2,1H3. The summed E-state index contributed by atoms with van der Waals surface area (Å²) in [6, 6.07) is 4.54. The Morgan fingerprint density at radius 1 is 1.59 bits per heavy atom. The number of nitrogens with zero attached hydrogens (tertiary/aromatic N) is 1.